The molecular formula is C13H13FO5. The first-order chi connectivity index (χ1) is 8.93. The number of carboxylic acids is 1. The van der Waals surface area contributed by atoms with Crippen LogP contribution in [0, 0.1) is 5.82 Å². The molecule has 1 unspecified atom stereocenters. The predicted molar refractivity (Wildman–Crippen MR) is 65.2 cm³/mol. The van der Waals surface area contributed by atoms with E-state index in [1.165, 1.54) is 26.2 Å². The Hall–Kier alpha value is -2.37. The fourth-order valence-electron chi connectivity index (χ4n) is 1.32. The lowest BCUT2D eigenvalue weighted by molar-refractivity contribution is -0.147. The van der Waals surface area contributed by atoms with E-state index in [1.54, 1.807) is 0 Å². The number of esters is 1. The molecule has 6 heteroatoms. The maximum Gasteiger partial charge on any atom is 0.346 e. The van der Waals surface area contributed by atoms with Crippen molar-refractivity contribution in [2.45, 2.75) is 13.0 Å². The summed E-state index contributed by atoms with van der Waals surface area (Å²) in [6.45, 7) is 1.47. The fourth-order valence-corrected chi connectivity index (χ4v) is 1.32. The van der Waals surface area contributed by atoms with Crippen molar-refractivity contribution in [2.24, 2.45) is 0 Å². The average Bonchev–Trinajstić information content (AvgIpc) is 2.37. The van der Waals surface area contributed by atoms with Crippen LogP contribution < -0.4 is 4.74 Å². The third-order valence-electron chi connectivity index (χ3n) is 2.21. The number of carbonyl (C=O) groups is 2. The van der Waals surface area contributed by atoms with E-state index < -0.39 is 23.9 Å². The summed E-state index contributed by atoms with van der Waals surface area (Å²) in [5, 5.41) is 8.55. The summed E-state index contributed by atoms with van der Waals surface area (Å²) in [6, 6.07) is 3.58. The molecule has 19 heavy (non-hydrogen) atoms. The second kappa shape index (κ2) is 6.53. The van der Waals surface area contributed by atoms with Crippen LogP contribution in [0.3, 0.4) is 0 Å². The van der Waals surface area contributed by atoms with Gasteiger partial charge in [-0.25, -0.2) is 14.0 Å². The zero-order valence-corrected chi connectivity index (χ0v) is 10.4. The van der Waals surface area contributed by atoms with Gasteiger partial charge in [-0.1, -0.05) is 0 Å². The molecule has 1 aromatic carbocycles. The van der Waals surface area contributed by atoms with Gasteiger partial charge >= 0.3 is 11.9 Å². The van der Waals surface area contributed by atoms with E-state index >= 15 is 0 Å². The zero-order chi connectivity index (χ0) is 14.4. The standard InChI is InChI=1S/C13H13FO5/c1-8(13(17)18-2)19-11-5-4-10(14)7-9(11)3-6-12(15)16/h3-8H,1-2H3,(H,15,16)/b6-3+. The van der Waals surface area contributed by atoms with E-state index in [0.717, 1.165) is 18.2 Å². The van der Waals surface area contributed by atoms with Crippen LogP contribution in [0.1, 0.15) is 12.5 Å². The Kier molecular flexibility index (Phi) is 5.05. The van der Waals surface area contributed by atoms with Gasteiger partial charge in [0, 0.05) is 11.6 Å². The SMILES string of the molecule is COC(=O)C(C)Oc1ccc(F)cc1/C=C/C(=O)O. The molecule has 0 heterocycles. The minimum Gasteiger partial charge on any atom is -0.478 e. The van der Waals surface area contributed by atoms with E-state index in [-0.39, 0.29) is 11.3 Å². The van der Waals surface area contributed by atoms with Crippen LogP contribution in [0.5, 0.6) is 5.75 Å². The van der Waals surface area contributed by atoms with Crippen LogP contribution >= 0.6 is 0 Å². The molecule has 102 valence electrons. The molecule has 0 spiro atoms. The normalized spacial score (nSPS) is 12.2. The van der Waals surface area contributed by atoms with Gasteiger partial charge in [-0.2, -0.15) is 0 Å². The van der Waals surface area contributed by atoms with Crippen LogP contribution in [0.15, 0.2) is 24.3 Å². The van der Waals surface area contributed by atoms with Gasteiger partial charge in [-0.05, 0) is 31.2 Å². The maximum absolute atomic E-state index is 13.1. The van der Waals surface area contributed by atoms with Crippen molar-refractivity contribution in [3.63, 3.8) is 0 Å². The number of hydrogen-bond acceptors (Lipinski definition) is 4. The highest BCUT2D eigenvalue weighted by Crippen LogP contribution is 2.22. The molecule has 0 saturated heterocycles. The molecule has 1 atom stereocenters. The number of hydrogen-bond donors (Lipinski definition) is 1. The number of carbonyl (C=O) groups excluding carboxylic acids is 1. The van der Waals surface area contributed by atoms with Crippen LogP contribution in [0.2, 0.25) is 0 Å². The highest BCUT2D eigenvalue weighted by atomic mass is 19.1. The number of benzene rings is 1. The Morgan fingerprint density at radius 1 is 1.42 bits per heavy atom. The lowest BCUT2D eigenvalue weighted by atomic mass is 10.1. The second-order valence-electron chi connectivity index (χ2n) is 3.64. The molecule has 0 aliphatic carbocycles. The minimum absolute atomic E-state index is 0.191. The van der Waals surface area contributed by atoms with Crippen LogP contribution in [0.4, 0.5) is 4.39 Å². The molecule has 1 aromatic rings. The first-order valence-electron chi connectivity index (χ1n) is 5.39. The monoisotopic (exact) mass is 268 g/mol. The van der Waals surface area contributed by atoms with Crippen LogP contribution in [-0.4, -0.2) is 30.3 Å². The first-order valence-corrected chi connectivity index (χ1v) is 5.39. The number of carboxylic acid groups (broad SMARTS) is 1. The van der Waals surface area contributed by atoms with E-state index in [1.807, 2.05) is 0 Å². The third kappa shape index (κ3) is 4.42. The van der Waals surface area contributed by atoms with Gasteiger partial charge in [0.05, 0.1) is 7.11 Å². The van der Waals surface area contributed by atoms with Crippen molar-refractivity contribution < 1.29 is 28.6 Å². The summed E-state index contributed by atoms with van der Waals surface area (Å²) in [5.41, 5.74) is 0.221. The van der Waals surface area contributed by atoms with Crippen molar-refractivity contribution >= 4 is 18.0 Å². The van der Waals surface area contributed by atoms with Crippen molar-refractivity contribution in [1.29, 1.82) is 0 Å². The molecule has 0 aliphatic rings. The van der Waals surface area contributed by atoms with Crippen molar-refractivity contribution in [2.75, 3.05) is 7.11 Å². The largest absolute Gasteiger partial charge is 0.478 e. The Morgan fingerprint density at radius 3 is 2.68 bits per heavy atom. The quantitative estimate of drug-likeness (QED) is 0.652. The number of ether oxygens (including phenoxy) is 2. The summed E-state index contributed by atoms with van der Waals surface area (Å²) in [4.78, 5) is 21.7. The minimum atomic E-state index is -1.17. The van der Waals surface area contributed by atoms with E-state index in [2.05, 4.69) is 4.74 Å². The van der Waals surface area contributed by atoms with Crippen molar-refractivity contribution in [3.8, 4) is 5.75 Å². The van der Waals surface area contributed by atoms with Crippen LogP contribution in [0.25, 0.3) is 6.08 Å². The summed E-state index contributed by atoms with van der Waals surface area (Å²) >= 11 is 0. The summed E-state index contributed by atoms with van der Waals surface area (Å²) < 4.78 is 22.9. The van der Waals surface area contributed by atoms with Gasteiger partial charge in [0.25, 0.3) is 0 Å². The topological polar surface area (TPSA) is 72.8 Å². The third-order valence-corrected chi connectivity index (χ3v) is 2.21. The first kappa shape index (κ1) is 14.7. The van der Waals surface area contributed by atoms with Crippen molar-refractivity contribution in [3.05, 3.63) is 35.7 Å². The van der Waals surface area contributed by atoms with E-state index in [4.69, 9.17) is 9.84 Å². The molecule has 0 bridgehead atoms. The Bertz CT molecular complexity index is 510. The molecule has 0 radical (unpaired) electrons. The maximum atomic E-state index is 13.1. The molecule has 1 N–H and O–H groups in total. The van der Waals surface area contributed by atoms with Gasteiger partial charge in [-0.3, -0.25) is 0 Å². The van der Waals surface area contributed by atoms with Gasteiger partial charge in [0.1, 0.15) is 11.6 Å². The zero-order valence-electron chi connectivity index (χ0n) is 10.4. The molecule has 0 amide bonds. The number of rotatable bonds is 5. The molecule has 0 fully saturated rings. The molecule has 0 saturated carbocycles. The Labute approximate surface area is 109 Å². The Morgan fingerprint density at radius 2 is 2.11 bits per heavy atom. The van der Waals surface area contributed by atoms with Gasteiger partial charge in [-0.15, -0.1) is 0 Å². The smallest absolute Gasteiger partial charge is 0.346 e. The number of methoxy groups -OCH3 is 1. The highest BCUT2D eigenvalue weighted by molar-refractivity contribution is 5.86. The second-order valence-corrected chi connectivity index (χ2v) is 3.64. The average molecular weight is 268 g/mol. The summed E-state index contributed by atoms with van der Waals surface area (Å²) in [5.74, 6) is -2.10. The number of aliphatic carboxylic acids is 1. The predicted octanol–water partition coefficient (Wildman–Crippen LogP) is 1.86. The summed E-state index contributed by atoms with van der Waals surface area (Å²) in [6.07, 6.45) is 1.15. The van der Waals surface area contributed by atoms with Gasteiger partial charge in [0.15, 0.2) is 6.10 Å². The van der Waals surface area contributed by atoms with Crippen LogP contribution in [-0.2, 0) is 14.3 Å². The molecular weight excluding hydrogens is 255 g/mol. The molecule has 0 aromatic heterocycles. The van der Waals surface area contributed by atoms with Gasteiger partial charge < -0.3 is 14.6 Å². The Balaban J connectivity index is 2.99. The lowest BCUT2D eigenvalue weighted by Crippen LogP contribution is -2.25. The highest BCUT2D eigenvalue weighted by Gasteiger charge is 2.16. The van der Waals surface area contributed by atoms with E-state index in [9.17, 15) is 14.0 Å². The number of halogens is 1. The van der Waals surface area contributed by atoms with E-state index in [0.29, 0.717) is 0 Å². The molecule has 1 rings (SSSR count). The van der Waals surface area contributed by atoms with Crippen molar-refractivity contribution in [1.82, 2.24) is 0 Å². The molecule has 5 nitrogen and oxygen atoms in total. The fraction of sp³-hybridized carbons (Fsp3) is 0.231. The van der Waals surface area contributed by atoms with Gasteiger partial charge in [0.2, 0.25) is 0 Å². The lowest BCUT2D eigenvalue weighted by Gasteiger charge is -2.14. The molecule has 0 aliphatic heterocycles. The summed E-state index contributed by atoms with van der Waals surface area (Å²) in [7, 11) is 1.22.